The lowest BCUT2D eigenvalue weighted by atomic mass is 10.00. The molecular weight excluding hydrogens is 430 g/mol. The van der Waals surface area contributed by atoms with Crippen LogP contribution in [0.5, 0.6) is 0 Å². The molecule has 2 fully saturated rings. The SMILES string of the molecule is CC(C)(C)NC(=O)[C@@H](c1cccnc1)N(C(=O)[C@H]1C[C@@H](O)CN1C#N)c1ccc(C2CC2)cc1. The molecule has 3 atom stereocenters. The van der Waals surface area contributed by atoms with Gasteiger partial charge in [0.05, 0.1) is 12.6 Å². The highest BCUT2D eigenvalue weighted by Crippen LogP contribution is 2.41. The normalized spacial score (nSPS) is 21.0. The number of anilines is 1. The van der Waals surface area contributed by atoms with E-state index in [4.69, 9.17) is 0 Å². The number of amides is 2. The molecule has 2 heterocycles. The summed E-state index contributed by atoms with van der Waals surface area (Å²) in [4.78, 5) is 34.6. The minimum Gasteiger partial charge on any atom is -0.391 e. The Morgan fingerprint density at radius 2 is 1.94 bits per heavy atom. The number of aliphatic hydroxyl groups is 1. The summed E-state index contributed by atoms with van der Waals surface area (Å²) in [7, 11) is 0. The van der Waals surface area contributed by atoms with E-state index in [1.807, 2.05) is 51.2 Å². The van der Waals surface area contributed by atoms with Gasteiger partial charge in [-0.25, -0.2) is 0 Å². The van der Waals surface area contributed by atoms with Gasteiger partial charge in [-0.2, -0.15) is 5.26 Å². The first-order valence-electron chi connectivity index (χ1n) is 11.7. The van der Waals surface area contributed by atoms with Crippen LogP contribution in [0.4, 0.5) is 5.69 Å². The third kappa shape index (κ3) is 5.20. The van der Waals surface area contributed by atoms with Gasteiger partial charge in [-0.3, -0.25) is 24.4 Å². The molecule has 1 aromatic heterocycles. The van der Waals surface area contributed by atoms with Gasteiger partial charge in [0.2, 0.25) is 5.91 Å². The van der Waals surface area contributed by atoms with Crippen molar-refractivity contribution in [2.45, 2.75) is 69.7 Å². The van der Waals surface area contributed by atoms with Gasteiger partial charge in [-0.1, -0.05) is 18.2 Å². The molecular formula is C26H31N5O3. The van der Waals surface area contributed by atoms with Gasteiger partial charge in [0, 0.05) is 35.6 Å². The molecule has 2 amide bonds. The first-order chi connectivity index (χ1) is 16.2. The summed E-state index contributed by atoms with van der Waals surface area (Å²) in [5, 5.41) is 22.8. The van der Waals surface area contributed by atoms with Crippen LogP contribution in [0.25, 0.3) is 0 Å². The van der Waals surface area contributed by atoms with Crippen molar-refractivity contribution >= 4 is 17.5 Å². The number of benzene rings is 1. The molecule has 34 heavy (non-hydrogen) atoms. The Morgan fingerprint density at radius 1 is 1.24 bits per heavy atom. The Kier molecular flexibility index (Phi) is 6.58. The van der Waals surface area contributed by atoms with E-state index in [1.165, 1.54) is 15.4 Å². The smallest absolute Gasteiger partial charge is 0.251 e. The predicted octanol–water partition coefficient (Wildman–Crippen LogP) is 2.86. The number of rotatable bonds is 6. The van der Waals surface area contributed by atoms with Crippen molar-refractivity contribution in [2.75, 3.05) is 11.4 Å². The average Bonchev–Trinajstić information content (AvgIpc) is 3.58. The lowest BCUT2D eigenvalue weighted by Crippen LogP contribution is -2.53. The number of pyridine rings is 1. The van der Waals surface area contributed by atoms with Crippen LogP contribution in [0.2, 0.25) is 0 Å². The van der Waals surface area contributed by atoms with Crippen LogP contribution in [-0.2, 0) is 9.59 Å². The average molecular weight is 462 g/mol. The third-order valence-corrected chi connectivity index (χ3v) is 6.15. The monoisotopic (exact) mass is 461 g/mol. The minimum absolute atomic E-state index is 0.0904. The molecule has 0 radical (unpaired) electrons. The van der Waals surface area contributed by atoms with Crippen LogP contribution >= 0.6 is 0 Å². The lowest BCUT2D eigenvalue weighted by Gasteiger charge is -2.35. The molecule has 0 bridgehead atoms. The second-order valence-corrected chi connectivity index (χ2v) is 10.2. The van der Waals surface area contributed by atoms with E-state index in [0.29, 0.717) is 17.2 Å². The van der Waals surface area contributed by atoms with E-state index < -0.39 is 29.6 Å². The number of carbonyl (C=O) groups excluding carboxylic acids is 2. The van der Waals surface area contributed by atoms with Gasteiger partial charge in [-0.05, 0) is 63.3 Å². The van der Waals surface area contributed by atoms with E-state index in [0.717, 1.165) is 12.8 Å². The van der Waals surface area contributed by atoms with Crippen LogP contribution in [0.1, 0.15) is 63.1 Å². The number of nitrogens with one attached hydrogen (secondary N) is 1. The number of carbonyl (C=O) groups is 2. The molecule has 0 spiro atoms. The van der Waals surface area contributed by atoms with Gasteiger partial charge in [0.15, 0.2) is 6.19 Å². The first kappa shape index (κ1) is 23.7. The van der Waals surface area contributed by atoms with Gasteiger partial charge in [-0.15, -0.1) is 0 Å². The number of nitriles is 1. The largest absolute Gasteiger partial charge is 0.391 e. The zero-order valence-electron chi connectivity index (χ0n) is 19.8. The summed E-state index contributed by atoms with van der Waals surface area (Å²) in [5.74, 6) is -0.201. The Hall–Kier alpha value is -3.44. The fraction of sp³-hybridized carbons (Fsp3) is 0.462. The van der Waals surface area contributed by atoms with Crippen LogP contribution in [0, 0.1) is 11.5 Å². The van der Waals surface area contributed by atoms with Crippen molar-refractivity contribution < 1.29 is 14.7 Å². The zero-order valence-corrected chi connectivity index (χ0v) is 19.8. The molecule has 8 nitrogen and oxygen atoms in total. The molecule has 1 aliphatic carbocycles. The Labute approximate surface area is 200 Å². The fourth-order valence-electron chi connectivity index (χ4n) is 4.44. The number of hydrogen-bond donors (Lipinski definition) is 2. The second kappa shape index (κ2) is 9.43. The van der Waals surface area contributed by atoms with Gasteiger partial charge in [0.1, 0.15) is 12.1 Å². The molecule has 4 rings (SSSR count). The van der Waals surface area contributed by atoms with E-state index in [-0.39, 0.29) is 18.9 Å². The number of aliphatic hydroxyl groups excluding tert-OH is 1. The maximum absolute atomic E-state index is 14.0. The van der Waals surface area contributed by atoms with Crippen LogP contribution < -0.4 is 10.2 Å². The van der Waals surface area contributed by atoms with Crippen LogP contribution in [0.3, 0.4) is 0 Å². The zero-order chi connectivity index (χ0) is 24.5. The highest BCUT2D eigenvalue weighted by Gasteiger charge is 2.43. The standard InChI is InChI=1S/C26H31N5O3/c1-26(2,3)29-24(33)23(19-5-4-12-28-14-19)31(20-10-8-18(9-11-20)17-6-7-17)25(34)22-13-21(32)15-30(22)16-27/h4-5,8-12,14,17,21-23,32H,6-7,13,15H2,1-3H3,(H,29,33)/t21-,22-,23-/m1/s1. The third-order valence-electron chi connectivity index (χ3n) is 6.15. The summed E-state index contributed by atoms with van der Waals surface area (Å²) >= 11 is 0. The number of aromatic nitrogens is 1. The topological polar surface area (TPSA) is 110 Å². The van der Waals surface area contributed by atoms with Crippen molar-refractivity contribution in [3.8, 4) is 6.19 Å². The summed E-state index contributed by atoms with van der Waals surface area (Å²) in [6.07, 6.45) is 6.88. The molecule has 178 valence electrons. The predicted molar refractivity (Wildman–Crippen MR) is 128 cm³/mol. The van der Waals surface area contributed by atoms with Gasteiger partial charge in [0.25, 0.3) is 5.91 Å². The van der Waals surface area contributed by atoms with Crippen molar-refractivity contribution in [3.05, 3.63) is 59.9 Å². The van der Waals surface area contributed by atoms with E-state index in [9.17, 15) is 20.0 Å². The fourth-order valence-corrected chi connectivity index (χ4v) is 4.44. The molecule has 0 unspecified atom stereocenters. The van der Waals surface area contributed by atoms with Gasteiger partial charge < -0.3 is 10.4 Å². The Bertz CT molecular complexity index is 1070. The summed E-state index contributed by atoms with van der Waals surface area (Å²) in [6, 6.07) is 9.37. The summed E-state index contributed by atoms with van der Waals surface area (Å²) in [5.41, 5.74) is 1.81. The highest BCUT2D eigenvalue weighted by molar-refractivity contribution is 6.04. The number of nitrogens with zero attached hydrogens (tertiary/aromatic N) is 4. The van der Waals surface area contributed by atoms with Crippen molar-refractivity contribution in [2.24, 2.45) is 0 Å². The van der Waals surface area contributed by atoms with Gasteiger partial charge >= 0.3 is 0 Å². The quantitative estimate of drug-likeness (QED) is 0.640. The molecule has 1 aliphatic heterocycles. The van der Waals surface area contributed by atoms with E-state index in [2.05, 4.69) is 10.3 Å². The van der Waals surface area contributed by atoms with Crippen molar-refractivity contribution in [3.63, 3.8) is 0 Å². The maximum atomic E-state index is 14.0. The lowest BCUT2D eigenvalue weighted by molar-refractivity contribution is -0.129. The molecule has 2 N–H and O–H groups in total. The number of β-amino-alcohol motifs (C(OH)–C–C–N with tert-alkyl or cyclic N) is 1. The van der Waals surface area contributed by atoms with Crippen molar-refractivity contribution in [1.82, 2.24) is 15.2 Å². The first-order valence-corrected chi connectivity index (χ1v) is 11.7. The second-order valence-electron chi connectivity index (χ2n) is 10.2. The number of hydrogen-bond acceptors (Lipinski definition) is 6. The molecule has 2 aliphatic rings. The van der Waals surface area contributed by atoms with Crippen LogP contribution in [0.15, 0.2) is 48.8 Å². The van der Waals surface area contributed by atoms with Crippen LogP contribution in [-0.4, -0.2) is 51.0 Å². The number of likely N-dealkylation sites (tertiary alicyclic amines) is 1. The molecule has 8 heteroatoms. The summed E-state index contributed by atoms with van der Waals surface area (Å²) in [6.45, 7) is 5.73. The minimum atomic E-state index is -0.995. The van der Waals surface area contributed by atoms with Crippen molar-refractivity contribution in [1.29, 1.82) is 5.26 Å². The highest BCUT2D eigenvalue weighted by atomic mass is 16.3. The Balaban J connectivity index is 1.80. The Morgan fingerprint density at radius 3 is 2.50 bits per heavy atom. The molecule has 2 aromatic rings. The maximum Gasteiger partial charge on any atom is 0.251 e. The molecule has 1 saturated heterocycles. The summed E-state index contributed by atoms with van der Waals surface area (Å²) < 4.78 is 0. The van der Waals surface area contributed by atoms with E-state index in [1.54, 1.807) is 24.5 Å². The van der Waals surface area contributed by atoms with E-state index >= 15 is 0 Å². The molecule has 1 aromatic carbocycles. The molecule has 1 saturated carbocycles.